The standard InChI is InChI=1S/C16H25N3O/c1-13(2)17-14-5-3-6-15(18-14)19-10-8-16(9-11-19)7-4-12-20-16/h3,5-6,13H,4,7-12H2,1-2H3,(H,17,18). The Morgan fingerprint density at radius 1 is 1.25 bits per heavy atom. The minimum Gasteiger partial charge on any atom is -0.375 e. The summed E-state index contributed by atoms with van der Waals surface area (Å²) in [5, 5.41) is 3.37. The first-order valence-corrected chi connectivity index (χ1v) is 7.79. The molecule has 4 heteroatoms. The SMILES string of the molecule is CC(C)Nc1cccc(N2CCC3(CCCO3)CC2)n1. The van der Waals surface area contributed by atoms with Crippen LogP contribution in [0, 0.1) is 0 Å². The third-order valence-corrected chi connectivity index (χ3v) is 4.35. The van der Waals surface area contributed by atoms with Gasteiger partial charge in [0.25, 0.3) is 0 Å². The normalized spacial score (nSPS) is 21.6. The molecule has 0 bridgehead atoms. The molecular formula is C16H25N3O. The Labute approximate surface area is 121 Å². The molecule has 4 nitrogen and oxygen atoms in total. The van der Waals surface area contributed by atoms with E-state index in [-0.39, 0.29) is 5.60 Å². The molecular weight excluding hydrogens is 250 g/mol. The number of nitrogens with zero attached hydrogens (tertiary/aromatic N) is 2. The maximum absolute atomic E-state index is 5.98. The van der Waals surface area contributed by atoms with Crippen molar-refractivity contribution < 1.29 is 4.74 Å². The lowest BCUT2D eigenvalue weighted by Crippen LogP contribution is -2.44. The fourth-order valence-corrected chi connectivity index (χ4v) is 3.27. The molecule has 0 aromatic carbocycles. The molecule has 1 aromatic heterocycles. The van der Waals surface area contributed by atoms with E-state index in [4.69, 9.17) is 9.72 Å². The third-order valence-electron chi connectivity index (χ3n) is 4.35. The monoisotopic (exact) mass is 275 g/mol. The minimum absolute atomic E-state index is 0.185. The van der Waals surface area contributed by atoms with E-state index in [0.717, 1.165) is 44.2 Å². The van der Waals surface area contributed by atoms with Gasteiger partial charge in [-0.1, -0.05) is 6.07 Å². The van der Waals surface area contributed by atoms with Gasteiger partial charge in [-0.05, 0) is 51.7 Å². The van der Waals surface area contributed by atoms with Crippen molar-refractivity contribution in [2.45, 2.75) is 51.2 Å². The molecule has 2 aliphatic rings. The summed E-state index contributed by atoms with van der Waals surface area (Å²) in [5.41, 5.74) is 0.185. The van der Waals surface area contributed by atoms with E-state index in [2.05, 4.69) is 36.2 Å². The summed E-state index contributed by atoms with van der Waals surface area (Å²) in [6, 6.07) is 6.65. The van der Waals surface area contributed by atoms with Gasteiger partial charge >= 0.3 is 0 Å². The van der Waals surface area contributed by atoms with E-state index in [9.17, 15) is 0 Å². The smallest absolute Gasteiger partial charge is 0.130 e. The maximum atomic E-state index is 5.98. The first-order chi connectivity index (χ1) is 9.67. The van der Waals surface area contributed by atoms with E-state index in [1.165, 1.54) is 12.8 Å². The van der Waals surface area contributed by atoms with E-state index in [0.29, 0.717) is 6.04 Å². The van der Waals surface area contributed by atoms with Gasteiger partial charge in [-0.15, -0.1) is 0 Å². The van der Waals surface area contributed by atoms with Crippen molar-refractivity contribution in [1.29, 1.82) is 0 Å². The molecule has 2 aliphatic heterocycles. The Balaban J connectivity index is 1.65. The van der Waals surface area contributed by atoms with Crippen molar-refractivity contribution in [2.24, 2.45) is 0 Å². The predicted molar refractivity (Wildman–Crippen MR) is 82.4 cm³/mol. The van der Waals surface area contributed by atoms with E-state index in [1.54, 1.807) is 0 Å². The third kappa shape index (κ3) is 2.90. The van der Waals surface area contributed by atoms with Gasteiger partial charge in [0.15, 0.2) is 0 Å². The number of nitrogens with one attached hydrogen (secondary N) is 1. The van der Waals surface area contributed by atoms with E-state index in [1.807, 2.05) is 6.07 Å². The number of rotatable bonds is 3. The van der Waals surface area contributed by atoms with Crippen molar-refractivity contribution >= 4 is 11.6 Å². The molecule has 0 radical (unpaired) electrons. The minimum atomic E-state index is 0.185. The summed E-state index contributed by atoms with van der Waals surface area (Å²) in [4.78, 5) is 7.11. The number of hydrogen-bond acceptors (Lipinski definition) is 4. The highest BCUT2D eigenvalue weighted by Crippen LogP contribution is 2.36. The Morgan fingerprint density at radius 3 is 2.70 bits per heavy atom. The van der Waals surface area contributed by atoms with Crippen molar-refractivity contribution in [3.63, 3.8) is 0 Å². The highest BCUT2D eigenvalue weighted by Gasteiger charge is 2.38. The molecule has 0 saturated carbocycles. The van der Waals surface area contributed by atoms with E-state index < -0.39 is 0 Å². The topological polar surface area (TPSA) is 37.4 Å². The van der Waals surface area contributed by atoms with Crippen LogP contribution in [0.4, 0.5) is 11.6 Å². The maximum Gasteiger partial charge on any atom is 0.130 e. The molecule has 20 heavy (non-hydrogen) atoms. The van der Waals surface area contributed by atoms with Gasteiger partial charge in [-0.2, -0.15) is 0 Å². The molecule has 3 heterocycles. The highest BCUT2D eigenvalue weighted by atomic mass is 16.5. The summed E-state index contributed by atoms with van der Waals surface area (Å²) < 4.78 is 5.98. The average molecular weight is 275 g/mol. The molecule has 2 saturated heterocycles. The fraction of sp³-hybridized carbons (Fsp3) is 0.688. The van der Waals surface area contributed by atoms with Crippen molar-refractivity contribution in [3.8, 4) is 0 Å². The van der Waals surface area contributed by atoms with Gasteiger partial charge in [0, 0.05) is 25.7 Å². The summed E-state index contributed by atoms with van der Waals surface area (Å²) in [6.07, 6.45) is 4.74. The molecule has 0 aliphatic carbocycles. The van der Waals surface area contributed by atoms with Crippen LogP contribution >= 0.6 is 0 Å². The van der Waals surface area contributed by atoms with Crippen LogP contribution < -0.4 is 10.2 Å². The molecule has 1 spiro atoms. The summed E-state index contributed by atoms with van der Waals surface area (Å²) in [5.74, 6) is 2.05. The lowest BCUT2D eigenvalue weighted by molar-refractivity contribution is -0.0146. The second-order valence-electron chi connectivity index (χ2n) is 6.30. The zero-order chi connectivity index (χ0) is 14.0. The summed E-state index contributed by atoms with van der Waals surface area (Å²) in [6.45, 7) is 7.33. The van der Waals surface area contributed by atoms with Gasteiger partial charge in [-0.25, -0.2) is 4.98 Å². The second kappa shape index (κ2) is 5.60. The highest BCUT2D eigenvalue weighted by molar-refractivity contribution is 5.47. The van der Waals surface area contributed by atoms with Crippen LogP contribution in [-0.4, -0.2) is 36.3 Å². The molecule has 1 aromatic rings. The number of hydrogen-bond donors (Lipinski definition) is 1. The number of aromatic nitrogens is 1. The molecule has 2 fully saturated rings. The zero-order valence-electron chi connectivity index (χ0n) is 12.6. The van der Waals surface area contributed by atoms with Gasteiger partial charge < -0.3 is 15.0 Å². The van der Waals surface area contributed by atoms with Crippen LogP contribution in [-0.2, 0) is 4.74 Å². The molecule has 1 N–H and O–H groups in total. The number of piperidine rings is 1. The lowest BCUT2D eigenvalue weighted by Gasteiger charge is -2.39. The van der Waals surface area contributed by atoms with Crippen LogP contribution in [0.5, 0.6) is 0 Å². The molecule has 110 valence electrons. The second-order valence-corrected chi connectivity index (χ2v) is 6.30. The molecule has 0 atom stereocenters. The van der Waals surface area contributed by atoms with Gasteiger partial charge in [0.1, 0.15) is 11.6 Å². The van der Waals surface area contributed by atoms with Gasteiger partial charge in [0.05, 0.1) is 5.60 Å². The predicted octanol–water partition coefficient (Wildman–Crippen LogP) is 3.05. The van der Waals surface area contributed by atoms with Crippen LogP contribution in [0.3, 0.4) is 0 Å². The van der Waals surface area contributed by atoms with E-state index >= 15 is 0 Å². The Kier molecular flexibility index (Phi) is 3.83. The van der Waals surface area contributed by atoms with Crippen molar-refractivity contribution in [3.05, 3.63) is 18.2 Å². The molecule has 0 unspecified atom stereocenters. The zero-order valence-corrected chi connectivity index (χ0v) is 12.6. The first kappa shape index (κ1) is 13.7. The van der Waals surface area contributed by atoms with Crippen LogP contribution in [0.1, 0.15) is 39.5 Å². The van der Waals surface area contributed by atoms with Crippen LogP contribution in [0.2, 0.25) is 0 Å². The van der Waals surface area contributed by atoms with Gasteiger partial charge in [0.2, 0.25) is 0 Å². The fourth-order valence-electron chi connectivity index (χ4n) is 3.27. The number of pyridine rings is 1. The Morgan fingerprint density at radius 2 is 2.05 bits per heavy atom. The summed E-state index contributed by atoms with van der Waals surface area (Å²) >= 11 is 0. The van der Waals surface area contributed by atoms with Crippen molar-refractivity contribution in [2.75, 3.05) is 29.9 Å². The Hall–Kier alpha value is -1.29. The Bertz CT molecular complexity index is 445. The summed E-state index contributed by atoms with van der Waals surface area (Å²) in [7, 11) is 0. The first-order valence-electron chi connectivity index (χ1n) is 7.79. The lowest BCUT2D eigenvalue weighted by atomic mass is 9.89. The van der Waals surface area contributed by atoms with Crippen molar-refractivity contribution in [1.82, 2.24) is 4.98 Å². The average Bonchev–Trinajstić information content (AvgIpc) is 2.87. The van der Waals surface area contributed by atoms with Crippen LogP contribution in [0.15, 0.2) is 18.2 Å². The largest absolute Gasteiger partial charge is 0.375 e. The number of ether oxygens (including phenoxy) is 1. The molecule has 3 rings (SSSR count). The quantitative estimate of drug-likeness (QED) is 0.920. The van der Waals surface area contributed by atoms with Crippen LogP contribution in [0.25, 0.3) is 0 Å². The number of anilines is 2. The van der Waals surface area contributed by atoms with Gasteiger partial charge in [-0.3, -0.25) is 0 Å². The molecule has 0 amide bonds.